The quantitative estimate of drug-likeness (QED) is 0.218. The largest absolute Gasteiger partial charge is 2.00 e. The van der Waals surface area contributed by atoms with Crippen LogP contribution in [0.5, 0.6) is 0 Å². The molecule has 0 aliphatic carbocycles. The summed E-state index contributed by atoms with van der Waals surface area (Å²) >= 11 is 10.5. The van der Waals surface area contributed by atoms with Crippen LogP contribution in [-0.2, 0) is 0 Å². The first-order valence-corrected chi connectivity index (χ1v) is 2.57. The second-order valence-electron chi connectivity index (χ2n) is 0.283. The summed E-state index contributed by atoms with van der Waals surface area (Å²) in [7, 11) is 0. The van der Waals surface area contributed by atoms with Gasteiger partial charge in [0.15, 0.2) is 0 Å². The van der Waals surface area contributed by atoms with Crippen LogP contribution in [0, 0.1) is 10.7 Å². The van der Waals surface area contributed by atoms with Crippen molar-refractivity contribution in [2.75, 3.05) is 0 Å². The van der Waals surface area contributed by atoms with Gasteiger partial charge in [-0.05, 0) is 0 Å². The molecular formula is C3HCaN3S3. The van der Waals surface area contributed by atoms with Crippen molar-refractivity contribution in [1.82, 2.24) is 0 Å². The topological polar surface area (TPSA) is 68.4 Å². The van der Waals surface area contributed by atoms with E-state index in [2.05, 4.69) is 37.1 Å². The maximum absolute atomic E-state index is 7.18. The Kier molecular flexibility index (Phi) is 120. The standard InChI is InChI=1S/CHNS.2CNS.Ca/c3*2-1-3;/h3H;;;/q;2*-1;+2. The van der Waals surface area contributed by atoms with Crippen molar-refractivity contribution >= 4 is 85.1 Å². The molecule has 0 rings (SSSR count). The summed E-state index contributed by atoms with van der Waals surface area (Å²) in [6.07, 6.45) is 0. The zero-order valence-electron chi connectivity index (χ0n) is 4.81. The molecule has 0 saturated heterocycles. The number of hydrogen-bond donors (Lipinski definition) is 1. The summed E-state index contributed by atoms with van der Waals surface area (Å²) in [5.74, 6) is 0. The normalized spacial score (nSPS) is 2.40. The van der Waals surface area contributed by atoms with Crippen LogP contribution in [0.15, 0.2) is 0 Å². The maximum Gasteiger partial charge on any atom is 2.00 e. The van der Waals surface area contributed by atoms with Gasteiger partial charge in [-0.1, -0.05) is 37.1 Å². The van der Waals surface area contributed by atoms with E-state index in [1.54, 1.807) is 0 Å². The Balaban J connectivity index is -0.0000000257. The van der Waals surface area contributed by atoms with Gasteiger partial charge in [-0.25, -0.2) is 0 Å². The Morgan fingerprint density at radius 2 is 1.20 bits per heavy atom. The zero-order valence-corrected chi connectivity index (χ0v) is 9.55. The Morgan fingerprint density at radius 1 is 1.20 bits per heavy atom. The van der Waals surface area contributed by atoms with E-state index in [-0.39, 0.29) is 37.7 Å². The molecule has 0 aliphatic heterocycles. The molecule has 0 heterocycles. The van der Waals surface area contributed by atoms with E-state index in [1.807, 2.05) is 0 Å². The minimum absolute atomic E-state index is 0. The van der Waals surface area contributed by atoms with Gasteiger partial charge >= 0.3 is 37.7 Å². The smallest absolute Gasteiger partial charge is 0.753 e. The molecule has 0 N–H and O–H groups in total. The van der Waals surface area contributed by atoms with Crippen molar-refractivity contribution in [2.45, 2.75) is 0 Å². The van der Waals surface area contributed by atoms with Gasteiger partial charge in [0.05, 0.1) is 0 Å². The molecule has 10 heavy (non-hydrogen) atoms. The van der Waals surface area contributed by atoms with Gasteiger partial charge in [-0.2, -0.15) is 15.6 Å². The molecule has 0 atom stereocenters. The molecule has 0 aliphatic rings. The Hall–Kier alpha value is 0.700. The third-order valence-electron chi connectivity index (χ3n) is 0. The minimum Gasteiger partial charge on any atom is -0.753 e. The molecule has 0 radical (unpaired) electrons. The fourth-order valence-electron chi connectivity index (χ4n) is 0. The Bertz CT molecular complexity index is 128. The van der Waals surface area contributed by atoms with Crippen LogP contribution in [0.1, 0.15) is 0 Å². The van der Waals surface area contributed by atoms with Gasteiger partial charge in [-0.15, -0.1) is 0 Å². The van der Waals surface area contributed by atoms with E-state index in [0.717, 1.165) is 0 Å². The monoisotopic (exact) mass is 215 g/mol. The summed E-state index contributed by atoms with van der Waals surface area (Å²) in [6.45, 7) is 0. The number of thiol groups is 1. The molecule has 0 aromatic heterocycles. The second-order valence-corrected chi connectivity index (χ2v) is 0.848. The molecule has 0 aromatic rings. The van der Waals surface area contributed by atoms with Gasteiger partial charge in [0.1, 0.15) is 5.40 Å². The number of rotatable bonds is 0. The zero-order chi connectivity index (χ0) is 8.12. The molecule has 0 fully saturated rings. The average Bonchev–Trinajstić information content (AvgIpc) is 1.70. The van der Waals surface area contributed by atoms with Crippen molar-refractivity contribution in [3.8, 4) is 5.40 Å². The number of thiocyanates is 1. The Morgan fingerprint density at radius 3 is 1.20 bits per heavy atom. The van der Waals surface area contributed by atoms with Crippen molar-refractivity contribution < 1.29 is 0 Å². The molecule has 0 aromatic carbocycles. The molecule has 0 saturated carbocycles. The van der Waals surface area contributed by atoms with Crippen LogP contribution < -0.4 is 0 Å². The van der Waals surface area contributed by atoms with E-state index in [4.69, 9.17) is 16.1 Å². The molecule has 0 unspecified atom stereocenters. The molecule has 0 spiro atoms. The van der Waals surface area contributed by atoms with Crippen LogP contribution >= 0.6 is 37.1 Å². The maximum atomic E-state index is 7.18. The second kappa shape index (κ2) is 53.6. The number of hydrogen-bond acceptors (Lipinski definition) is 4. The van der Waals surface area contributed by atoms with Crippen LogP contribution in [0.25, 0.3) is 10.8 Å². The fraction of sp³-hybridized carbons (Fsp3) is 0. The van der Waals surface area contributed by atoms with Crippen LogP contribution in [-0.4, -0.2) is 48.1 Å². The summed E-state index contributed by atoms with van der Waals surface area (Å²) in [6, 6.07) is 0. The van der Waals surface area contributed by atoms with Crippen LogP contribution in [0.2, 0.25) is 0 Å². The van der Waals surface area contributed by atoms with E-state index < -0.39 is 0 Å². The van der Waals surface area contributed by atoms with Gasteiger partial charge in [0.2, 0.25) is 0 Å². The van der Waals surface area contributed by atoms with Crippen LogP contribution in [0.4, 0.5) is 0 Å². The van der Waals surface area contributed by atoms with Gasteiger partial charge < -0.3 is 10.8 Å². The first-order valence-electron chi connectivity index (χ1n) is 1.30. The fourth-order valence-corrected chi connectivity index (χ4v) is 0. The van der Waals surface area contributed by atoms with E-state index in [1.165, 1.54) is 15.7 Å². The predicted octanol–water partition coefficient (Wildman–Crippen LogP) is 1.33. The molecule has 0 bridgehead atoms. The third-order valence-corrected chi connectivity index (χ3v) is 0. The summed E-state index contributed by atoms with van der Waals surface area (Å²) in [5.41, 5.74) is 0. The van der Waals surface area contributed by atoms with Gasteiger partial charge in [-0.3, -0.25) is 0 Å². The predicted molar refractivity (Wildman–Crippen MR) is 52.3 cm³/mol. The molecule has 0 amide bonds. The first kappa shape index (κ1) is 22.4. The average molecular weight is 215 g/mol. The van der Waals surface area contributed by atoms with Gasteiger partial charge in [0, 0.05) is 0 Å². The SMILES string of the molecule is N#CS.[Ca+2].[N-]=C=S.[N-]=C=S. The van der Waals surface area contributed by atoms with Crippen molar-refractivity contribution in [3.63, 3.8) is 0 Å². The van der Waals surface area contributed by atoms with E-state index >= 15 is 0 Å². The molecular weight excluding hydrogens is 214 g/mol. The summed E-state index contributed by atoms with van der Waals surface area (Å²) in [4.78, 5) is 0. The van der Waals surface area contributed by atoms with Crippen molar-refractivity contribution in [1.29, 1.82) is 5.26 Å². The minimum atomic E-state index is 0. The summed E-state index contributed by atoms with van der Waals surface area (Å²) < 4.78 is 0. The van der Waals surface area contributed by atoms with Crippen molar-refractivity contribution in [3.05, 3.63) is 10.8 Å². The van der Waals surface area contributed by atoms with Crippen molar-refractivity contribution in [2.24, 2.45) is 0 Å². The number of nitriles is 1. The first-order chi connectivity index (χ1) is 4.24. The van der Waals surface area contributed by atoms with E-state index in [0.29, 0.717) is 0 Å². The number of thiocarbonyl (C=S) groups is 2. The molecule has 48 valence electrons. The summed E-state index contributed by atoms with van der Waals surface area (Å²) in [5, 5.41) is 25.6. The molecule has 3 nitrogen and oxygen atoms in total. The Labute approximate surface area is 105 Å². The molecule has 7 heteroatoms. The van der Waals surface area contributed by atoms with Gasteiger partial charge in [0.25, 0.3) is 0 Å². The number of nitrogens with zero attached hydrogens (tertiary/aromatic N) is 3. The van der Waals surface area contributed by atoms with E-state index in [9.17, 15) is 0 Å². The van der Waals surface area contributed by atoms with Crippen LogP contribution in [0.3, 0.4) is 0 Å². The number of isothiocyanates is 2. The third kappa shape index (κ3) is 1050.